The van der Waals surface area contributed by atoms with E-state index in [-0.39, 0.29) is 11.9 Å². The van der Waals surface area contributed by atoms with Gasteiger partial charge < -0.3 is 10.2 Å². The van der Waals surface area contributed by atoms with E-state index in [1.807, 2.05) is 4.90 Å². The Morgan fingerprint density at radius 1 is 1.30 bits per heavy atom. The zero-order valence-electron chi connectivity index (χ0n) is 13.1. The van der Waals surface area contributed by atoms with E-state index in [1.165, 1.54) is 12.4 Å². The van der Waals surface area contributed by atoms with Crippen molar-refractivity contribution in [1.82, 2.24) is 24.7 Å². The summed E-state index contributed by atoms with van der Waals surface area (Å²) in [5, 5.41) is 3.28. The Hall–Kier alpha value is -1.54. The van der Waals surface area contributed by atoms with Gasteiger partial charge in [0.1, 0.15) is 5.82 Å². The Balaban J connectivity index is 1.50. The number of amides is 1. The summed E-state index contributed by atoms with van der Waals surface area (Å²) in [6.07, 6.45) is 5.84. The van der Waals surface area contributed by atoms with Crippen molar-refractivity contribution in [3.8, 4) is 0 Å². The molecule has 2 aliphatic heterocycles. The Bertz CT molecular complexity index is 522. The number of halogens is 2. The number of carbonyl (C=O) groups is 1. The third-order valence-electron chi connectivity index (χ3n) is 4.62. The zero-order valence-corrected chi connectivity index (χ0v) is 13.1. The number of alkyl halides is 2. The van der Waals surface area contributed by atoms with Gasteiger partial charge in [-0.25, -0.2) is 4.98 Å². The van der Waals surface area contributed by atoms with Crippen LogP contribution in [0.15, 0.2) is 12.4 Å². The van der Waals surface area contributed by atoms with E-state index in [2.05, 4.69) is 15.2 Å². The van der Waals surface area contributed by atoms with Gasteiger partial charge in [0.05, 0.1) is 12.6 Å². The first-order chi connectivity index (χ1) is 11.1. The largest absolute Gasteiger partial charge is 0.339 e. The second-order valence-corrected chi connectivity index (χ2v) is 6.13. The molecule has 128 valence electrons. The molecule has 0 aromatic carbocycles. The number of hydrogen-bond acceptors (Lipinski definition) is 4. The number of piperidine rings is 1. The quantitative estimate of drug-likeness (QED) is 0.899. The highest BCUT2D eigenvalue weighted by molar-refractivity contribution is 5.82. The normalized spacial score (nSPS) is 23.4. The molecule has 1 aromatic heterocycles. The topological polar surface area (TPSA) is 53.4 Å². The fourth-order valence-corrected chi connectivity index (χ4v) is 3.25. The van der Waals surface area contributed by atoms with Gasteiger partial charge in [0.25, 0.3) is 0 Å². The molecule has 1 atom stereocenters. The van der Waals surface area contributed by atoms with Crippen LogP contribution in [0.25, 0.3) is 0 Å². The minimum Gasteiger partial charge on any atom is -0.339 e. The fourth-order valence-electron chi connectivity index (χ4n) is 3.25. The molecule has 23 heavy (non-hydrogen) atoms. The molecule has 3 rings (SSSR count). The molecule has 0 radical (unpaired) electrons. The van der Waals surface area contributed by atoms with Crippen molar-refractivity contribution in [1.29, 1.82) is 0 Å². The maximum atomic E-state index is 12.8. The van der Waals surface area contributed by atoms with E-state index in [0.29, 0.717) is 38.5 Å². The number of imidazole rings is 1. The van der Waals surface area contributed by atoms with Gasteiger partial charge >= 0.3 is 6.55 Å². The van der Waals surface area contributed by atoms with Crippen molar-refractivity contribution < 1.29 is 13.6 Å². The Morgan fingerprint density at radius 2 is 2.09 bits per heavy atom. The summed E-state index contributed by atoms with van der Waals surface area (Å²) in [5.41, 5.74) is 0. The highest BCUT2D eigenvalue weighted by atomic mass is 19.3. The van der Waals surface area contributed by atoms with Crippen LogP contribution in [0.1, 0.15) is 31.6 Å². The van der Waals surface area contributed by atoms with Crippen LogP contribution in [0.5, 0.6) is 0 Å². The minimum atomic E-state index is -2.56. The van der Waals surface area contributed by atoms with E-state index >= 15 is 0 Å². The van der Waals surface area contributed by atoms with Crippen molar-refractivity contribution in [2.45, 2.75) is 38.4 Å². The maximum absolute atomic E-state index is 12.8. The molecule has 0 unspecified atom stereocenters. The highest BCUT2D eigenvalue weighted by Gasteiger charge is 2.28. The number of hydrogen-bond donors (Lipinski definition) is 1. The number of carbonyl (C=O) groups excluding carboxylic acids is 1. The van der Waals surface area contributed by atoms with E-state index in [0.717, 1.165) is 30.4 Å². The molecular weight excluding hydrogens is 304 g/mol. The predicted molar refractivity (Wildman–Crippen MR) is 81.0 cm³/mol. The van der Waals surface area contributed by atoms with Crippen molar-refractivity contribution in [3.05, 3.63) is 18.2 Å². The summed E-state index contributed by atoms with van der Waals surface area (Å²) in [6, 6.07) is -0.0481. The van der Waals surface area contributed by atoms with E-state index in [4.69, 9.17) is 0 Å². The molecule has 0 aliphatic carbocycles. The van der Waals surface area contributed by atoms with Crippen molar-refractivity contribution in [2.75, 3.05) is 32.7 Å². The molecule has 8 heteroatoms. The molecule has 1 amide bonds. The van der Waals surface area contributed by atoms with Gasteiger partial charge in [-0.15, -0.1) is 0 Å². The molecular formula is C15H23F2N5O. The second-order valence-electron chi connectivity index (χ2n) is 6.13. The molecule has 2 saturated heterocycles. The van der Waals surface area contributed by atoms with Gasteiger partial charge in [0.15, 0.2) is 0 Å². The fraction of sp³-hybridized carbons (Fsp3) is 0.733. The minimum absolute atomic E-state index is 0.0481. The lowest BCUT2D eigenvalue weighted by Crippen LogP contribution is -2.54. The van der Waals surface area contributed by atoms with E-state index < -0.39 is 6.55 Å². The van der Waals surface area contributed by atoms with Crippen LogP contribution in [-0.2, 0) is 11.3 Å². The smallest absolute Gasteiger partial charge is 0.319 e. The maximum Gasteiger partial charge on any atom is 0.319 e. The van der Waals surface area contributed by atoms with E-state index in [9.17, 15) is 13.6 Å². The Morgan fingerprint density at radius 3 is 2.74 bits per heavy atom. The first kappa shape index (κ1) is 16.3. The van der Waals surface area contributed by atoms with Crippen molar-refractivity contribution in [3.63, 3.8) is 0 Å². The summed E-state index contributed by atoms with van der Waals surface area (Å²) in [6.45, 7) is 1.41. The van der Waals surface area contributed by atoms with Crippen LogP contribution in [0.4, 0.5) is 8.78 Å². The number of nitrogens with zero attached hydrogens (tertiary/aromatic N) is 4. The lowest BCUT2D eigenvalue weighted by molar-refractivity contribution is -0.135. The molecule has 2 fully saturated rings. The number of rotatable bonds is 4. The molecule has 1 aromatic rings. The summed E-state index contributed by atoms with van der Waals surface area (Å²) in [4.78, 5) is 20.4. The van der Waals surface area contributed by atoms with E-state index in [1.54, 1.807) is 0 Å². The standard InChI is InChI=1S/C15H23F2N5O/c16-15(17)22-6-5-19-13(22)11-20-7-9-21(10-8-20)14(23)12-3-1-2-4-18-12/h5-6,12,15,18H,1-4,7-11H2/t12-/m1/s1. The number of nitrogens with one attached hydrogen (secondary N) is 1. The molecule has 0 saturated carbocycles. The SMILES string of the molecule is O=C([C@H]1CCCCN1)N1CCN(Cc2nccn2C(F)F)CC1. The third kappa shape index (κ3) is 3.87. The predicted octanol–water partition coefficient (Wildman–Crippen LogP) is 1.06. The van der Waals surface area contributed by atoms with Crippen LogP contribution >= 0.6 is 0 Å². The molecule has 3 heterocycles. The van der Waals surface area contributed by atoms with Crippen LogP contribution < -0.4 is 5.32 Å². The zero-order chi connectivity index (χ0) is 16.2. The third-order valence-corrected chi connectivity index (χ3v) is 4.62. The van der Waals surface area contributed by atoms with Gasteiger partial charge in [0, 0.05) is 38.6 Å². The average Bonchev–Trinajstić information content (AvgIpc) is 3.04. The summed E-state index contributed by atoms with van der Waals surface area (Å²) in [7, 11) is 0. The monoisotopic (exact) mass is 327 g/mol. The first-order valence-electron chi connectivity index (χ1n) is 8.19. The lowest BCUT2D eigenvalue weighted by Gasteiger charge is -2.37. The van der Waals surface area contributed by atoms with Crippen LogP contribution in [0.2, 0.25) is 0 Å². The van der Waals surface area contributed by atoms with Gasteiger partial charge in [-0.3, -0.25) is 14.3 Å². The van der Waals surface area contributed by atoms with Crippen molar-refractivity contribution in [2.24, 2.45) is 0 Å². The van der Waals surface area contributed by atoms with Gasteiger partial charge in [-0.1, -0.05) is 6.42 Å². The molecule has 0 bridgehead atoms. The lowest BCUT2D eigenvalue weighted by atomic mass is 10.0. The molecule has 1 N–H and O–H groups in total. The molecule has 2 aliphatic rings. The average molecular weight is 327 g/mol. The van der Waals surface area contributed by atoms with Crippen LogP contribution in [-0.4, -0.2) is 64.0 Å². The number of aromatic nitrogens is 2. The summed E-state index contributed by atoms with van der Waals surface area (Å²) < 4.78 is 26.6. The van der Waals surface area contributed by atoms with Crippen molar-refractivity contribution >= 4 is 5.91 Å². The number of piperazine rings is 1. The summed E-state index contributed by atoms with van der Waals surface area (Å²) in [5.74, 6) is 0.548. The Kier molecular flexibility index (Phi) is 5.22. The molecule has 6 nitrogen and oxygen atoms in total. The van der Waals surface area contributed by atoms with Gasteiger partial charge in [-0.05, 0) is 19.4 Å². The summed E-state index contributed by atoms with van der Waals surface area (Å²) >= 11 is 0. The second kappa shape index (κ2) is 7.35. The molecule has 0 spiro atoms. The van der Waals surface area contributed by atoms with Gasteiger partial charge in [-0.2, -0.15) is 8.78 Å². The van der Waals surface area contributed by atoms with Crippen LogP contribution in [0.3, 0.4) is 0 Å². The van der Waals surface area contributed by atoms with Gasteiger partial charge in [0.2, 0.25) is 5.91 Å². The highest BCUT2D eigenvalue weighted by Crippen LogP contribution is 2.16. The van der Waals surface area contributed by atoms with Crippen LogP contribution in [0, 0.1) is 0 Å². The Labute approximate surface area is 134 Å². The first-order valence-corrected chi connectivity index (χ1v) is 8.19.